The first-order chi connectivity index (χ1) is 9.10. The van der Waals surface area contributed by atoms with Crippen molar-refractivity contribution in [3.63, 3.8) is 0 Å². The second-order valence-electron chi connectivity index (χ2n) is 4.65. The van der Waals surface area contributed by atoms with Gasteiger partial charge in [0.1, 0.15) is 17.3 Å². The summed E-state index contributed by atoms with van der Waals surface area (Å²) in [4.78, 5) is 0. The van der Waals surface area contributed by atoms with Gasteiger partial charge in [0, 0.05) is 0 Å². The number of benzene rings is 2. The van der Waals surface area contributed by atoms with Crippen LogP contribution in [0.3, 0.4) is 0 Å². The summed E-state index contributed by atoms with van der Waals surface area (Å²) in [6.45, 7) is 4.32. The molecule has 0 saturated heterocycles. The molecule has 2 aromatic carbocycles. The van der Waals surface area contributed by atoms with Crippen LogP contribution in [0.5, 0.6) is 11.5 Å². The number of aryl methyl sites for hydroxylation is 2. The summed E-state index contributed by atoms with van der Waals surface area (Å²) < 4.78 is 19.0. The summed E-state index contributed by atoms with van der Waals surface area (Å²) in [6.07, 6.45) is 0.819. The topological polar surface area (TPSA) is 35.2 Å². The summed E-state index contributed by atoms with van der Waals surface area (Å²) in [6, 6.07) is 10.8. The zero-order chi connectivity index (χ0) is 13.8. The van der Waals surface area contributed by atoms with Crippen molar-refractivity contribution in [3.05, 3.63) is 58.9 Å². The lowest BCUT2D eigenvalue weighted by molar-refractivity contribution is 0.475. The molecule has 0 aliphatic rings. The van der Waals surface area contributed by atoms with E-state index < -0.39 is 0 Å². The Labute approximate surface area is 113 Å². The molecule has 2 aromatic rings. The molecule has 0 aliphatic heterocycles. The van der Waals surface area contributed by atoms with E-state index in [0.29, 0.717) is 17.9 Å². The Balaban J connectivity index is 2.26. The maximum atomic E-state index is 13.2. The second-order valence-corrected chi connectivity index (χ2v) is 4.65. The van der Waals surface area contributed by atoms with Crippen LogP contribution in [0.15, 0.2) is 36.4 Å². The lowest BCUT2D eigenvalue weighted by Gasteiger charge is -2.11. The maximum absolute atomic E-state index is 13.2. The fourth-order valence-corrected chi connectivity index (χ4v) is 1.88. The fourth-order valence-electron chi connectivity index (χ4n) is 1.88. The van der Waals surface area contributed by atoms with Gasteiger partial charge >= 0.3 is 0 Å². The van der Waals surface area contributed by atoms with E-state index in [2.05, 4.69) is 0 Å². The first-order valence-electron chi connectivity index (χ1n) is 6.34. The molecule has 0 saturated carbocycles. The second kappa shape index (κ2) is 5.85. The van der Waals surface area contributed by atoms with E-state index >= 15 is 0 Å². The van der Waals surface area contributed by atoms with Crippen molar-refractivity contribution >= 4 is 0 Å². The van der Waals surface area contributed by atoms with Gasteiger partial charge in [0.25, 0.3) is 0 Å². The predicted molar refractivity (Wildman–Crippen MR) is 75.1 cm³/mol. The van der Waals surface area contributed by atoms with E-state index in [1.54, 1.807) is 19.1 Å². The van der Waals surface area contributed by atoms with E-state index in [1.807, 2.05) is 25.1 Å². The van der Waals surface area contributed by atoms with Gasteiger partial charge in [-0.2, -0.15) is 0 Å². The molecule has 0 atom stereocenters. The SMILES string of the molecule is Cc1cc(Oc2cc(CCN)ccc2C)ccc1F. The predicted octanol–water partition coefficient (Wildman–Crippen LogP) is 3.74. The number of hydrogen-bond donors (Lipinski definition) is 1. The Bertz CT molecular complexity index is 581. The van der Waals surface area contributed by atoms with Gasteiger partial charge in [0.05, 0.1) is 0 Å². The van der Waals surface area contributed by atoms with Gasteiger partial charge in [0.2, 0.25) is 0 Å². The minimum atomic E-state index is -0.221. The van der Waals surface area contributed by atoms with Gasteiger partial charge in [-0.3, -0.25) is 0 Å². The maximum Gasteiger partial charge on any atom is 0.130 e. The zero-order valence-corrected chi connectivity index (χ0v) is 11.2. The van der Waals surface area contributed by atoms with Crippen LogP contribution in [0.25, 0.3) is 0 Å². The van der Waals surface area contributed by atoms with Crippen LogP contribution in [0, 0.1) is 19.7 Å². The van der Waals surface area contributed by atoms with E-state index in [-0.39, 0.29) is 5.82 Å². The number of ether oxygens (including phenoxy) is 1. The standard InChI is InChI=1S/C16H18FNO/c1-11-3-4-13(7-8-18)10-16(11)19-14-5-6-15(17)12(2)9-14/h3-6,9-10H,7-8,18H2,1-2H3. The molecular weight excluding hydrogens is 241 g/mol. The van der Waals surface area contributed by atoms with Crippen molar-refractivity contribution < 1.29 is 9.13 Å². The Morgan fingerprint density at radius 3 is 2.53 bits per heavy atom. The molecule has 0 fully saturated rings. The number of hydrogen-bond acceptors (Lipinski definition) is 2. The third-order valence-electron chi connectivity index (χ3n) is 3.04. The Morgan fingerprint density at radius 1 is 1.05 bits per heavy atom. The molecular formula is C16H18FNO. The molecule has 0 heterocycles. The average molecular weight is 259 g/mol. The van der Waals surface area contributed by atoms with Crippen molar-refractivity contribution in [2.75, 3.05) is 6.54 Å². The highest BCUT2D eigenvalue weighted by molar-refractivity contribution is 5.41. The molecule has 0 unspecified atom stereocenters. The van der Waals surface area contributed by atoms with E-state index in [1.165, 1.54) is 6.07 Å². The van der Waals surface area contributed by atoms with Gasteiger partial charge in [-0.25, -0.2) is 4.39 Å². The Kier molecular flexibility index (Phi) is 4.17. The minimum absolute atomic E-state index is 0.221. The van der Waals surface area contributed by atoms with Gasteiger partial charge in [-0.15, -0.1) is 0 Å². The first-order valence-corrected chi connectivity index (χ1v) is 6.34. The molecule has 3 heteroatoms. The van der Waals surface area contributed by atoms with Crippen molar-refractivity contribution in [2.24, 2.45) is 5.73 Å². The smallest absolute Gasteiger partial charge is 0.130 e. The van der Waals surface area contributed by atoms with Crippen LogP contribution >= 0.6 is 0 Å². The van der Waals surface area contributed by atoms with E-state index in [4.69, 9.17) is 10.5 Å². The van der Waals surface area contributed by atoms with Crippen LogP contribution in [0.4, 0.5) is 4.39 Å². The molecule has 100 valence electrons. The number of nitrogens with two attached hydrogens (primary N) is 1. The summed E-state index contributed by atoms with van der Waals surface area (Å²) in [7, 11) is 0. The highest BCUT2D eigenvalue weighted by Crippen LogP contribution is 2.27. The highest BCUT2D eigenvalue weighted by Gasteiger charge is 2.05. The summed E-state index contributed by atoms with van der Waals surface area (Å²) in [5.41, 5.74) is 8.32. The van der Waals surface area contributed by atoms with Crippen molar-refractivity contribution in [1.29, 1.82) is 0 Å². The minimum Gasteiger partial charge on any atom is -0.457 e. The van der Waals surface area contributed by atoms with Gasteiger partial charge in [-0.1, -0.05) is 12.1 Å². The molecule has 0 aliphatic carbocycles. The Morgan fingerprint density at radius 2 is 1.84 bits per heavy atom. The normalized spacial score (nSPS) is 10.5. The van der Waals surface area contributed by atoms with Crippen LogP contribution in [0.1, 0.15) is 16.7 Å². The summed E-state index contributed by atoms with van der Waals surface area (Å²) >= 11 is 0. The molecule has 19 heavy (non-hydrogen) atoms. The molecule has 0 spiro atoms. The third kappa shape index (κ3) is 3.32. The monoisotopic (exact) mass is 259 g/mol. The number of rotatable bonds is 4. The summed E-state index contributed by atoms with van der Waals surface area (Å²) in [5.74, 6) is 1.21. The van der Waals surface area contributed by atoms with E-state index in [9.17, 15) is 4.39 Å². The number of halogens is 1. The van der Waals surface area contributed by atoms with Crippen molar-refractivity contribution in [3.8, 4) is 11.5 Å². The third-order valence-corrected chi connectivity index (χ3v) is 3.04. The van der Waals surface area contributed by atoms with Crippen LogP contribution < -0.4 is 10.5 Å². The van der Waals surface area contributed by atoms with Gasteiger partial charge in [-0.05, 0) is 67.8 Å². The molecule has 0 bridgehead atoms. The van der Waals surface area contributed by atoms with Crippen LogP contribution in [-0.4, -0.2) is 6.54 Å². The van der Waals surface area contributed by atoms with E-state index in [0.717, 1.165) is 23.3 Å². The summed E-state index contributed by atoms with van der Waals surface area (Å²) in [5, 5.41) is 0. The van der Waals surface area contributed by atoms with Gasteiger partial charge in [0.15, 0.2) is 0 Å². The largest absolute Gasteiger partial charge is 0.457 e. The quantitative estimate of drug-likeness (QED) is 0.907. The van der Waals surface area contributed by atoms with Crippen LogP contribution in [0.2, 0.25) is 0 Å². The molecule has 0 radical (unpaired) electrons. The van der Waals surface area contributed by atoms with Crippen molar-refractivity contribution in [2.45, 2.75) is 20.3 Å². The molecule has 2 nitrogen and oxygen atoms in total. The zero-order valence-electron chi connectivity index (χ0n) is 11.2. The van der Waals surface area contributed by atoms with Crippen molar-refractivity contribution in [1.82, 2.24) is 0 Å². The average Bonchev–Trinajstić information content (AvgIpc) is 2.38. The molecule has 0 aromatic heterocycles. The molecule has 2 N–H and O–H groups in total. The first kappa shape index (κ1) is 13.6. The molecule has 0 amide bonds. The lowest BCUT2D eigenvalue weighted by atomic mass is 10.1. The van der Waals surface area contributed by atoms with Gasteiger partial charge < -0.3 is 10.5 Å². The highest BCUT2D eigenvalue weighted by atomic mass is 19.1. The Hall–Kier alpha value is -1.87. The molecule has 2 rings (SSSR count). The fraction of sp³-hybridized carbons (Fsp3) is 0.250. The lowest BCUT2D eigenvalue weighted by Crippen LogP contribution is -2.03. The van der Waals surface area contributed by atoms with Crippen LogP contribution in [-0.2, 0) is 6.42 Å².